The Morgan fingerprint density at radius 3 is 1.34 bits per heavy atom. The smallest absolute Gasteiger partial charge is 0.303 e. The van der Waals surface area contributed by atoms with Crippen molar-refractivity contribution < 1.29 is 62.0 Å². The second-order valence-electron chi connectivity index (χ2n) is 9.97. The molecule has 2 N–H and O–H groups in total. The molecule has 19 heteroatoms. The number of nitrogens with zero attached hydrogens (tertiary/aromatic N) is 1. The van der Waals surface area contributed by atoms with Gasteiger partial charge in [0.2, 0.25) is 0 Å². The number of amides is 3. The number of nitrogens with one attached hydrogen (secondary N) is 2. The molecule has 1 aliphatic rings. The summed E-state index contributed by atoms with van der Waals surface area (Å²) in [5.74, 6) is -5.30. The molecule has 0 aromatic heterocycles. The van der Waals surface area contributed by atoms with E-state index in [4.69, 9.17) is 23.7 Å². The van der Waals surface area contributed by atoms with Crippen LogP contribution in [0.1, 0.15) is 61.8 Å². The second kappa shape index (κ2) is 18.6. The monoisotopic (exact) mass is 999 g/mol. The van der Waals surface area contributed by atoms with Crippen LogP contribution in [-0.4, -0.2) is 98.7 Å². The third-order valence-electron chi connectivity index (χ3n) is 6.10. The zero-order valence-electron chi connectivity index (χ0n) is 25.9. The van der Waals surface area contributed by atoms with Crippen molar-refractivity contribution >= 4 is 121 Å². The summed E-state index contributed by atoms with van der Waals surface area (Å²) in [6, 6.07) is -1.97. The van der Waals surface area contributed by atoms with E-state index in [0.717, 1.165) is 0 Å². The molecule has 1 heterocycles. The van der Waals surface area contributed by atoms with E-state index in [-0.39, 0.29) is 66.9 Å². The second-order valence-corrected chi connectivity index (χ2v) is 13.2. The highest BCUT2D eigenvalue weighted by atomic mass is 127. The van der Waals surface area contributed by atoms with Crippen LogP contribution in [0.25, 0.3) is 0 Å². The van der Waals surface area contributed by atoms with Crippen molar-refractivity contribution in [2.45, 2.75) is 59.2 Å². The number of hydrogen-bond donors (Lipinski definition) is 2. The van der Waals surface area contributed by atoms with E-state index in [0.29, 0.717) is 0 Å². The van der Waals surface area contributed by atoms with Crippen LogP contribution in [0.3, 0.4) is 0 Å². The van der Waals surface area contributed by atoms with Crippen molar-refractivity contribution in [3.05, 3.63) is 21.8 Å². The topological polar surface area (TPSA) is 210 Å². The van der Waals surface area contributed by atoms with E-state index < -0.39 is 65.8 Å². The molecule has 258 valence electrons. The first-order chi connectivity index (χ1) is 21.9. The molecule has 0 spiro atoms. The molecular weight excluding hydrogens is 967 g/mol. The van der Waals surface area contributed by atoms with Gasteiger partial charge in [-0.1, -0.05) is 0 Å². The first-order valence-corrected chi connectivity index (χ1v) is 17.0. The molecule has 1 unspecified atom stereocenters. The average Bonchev–Trinajstić information content (AvgIpc) is 3.29. The minimum absolute atomic E-state index is 0.0392. The fourth-order valence-electron chi connectivity index (χ4n) is 4.12. The number of carbonyl (C=O) groups is 8. The zero-order valence-corrected chi connectivity index (χ0v) is 32.3. The lowest BCUT2D eigenvalue weighted by molar-refractivity contribution is -0.151. The molecule has 1 aliphatic heterocycles. The molecule has 0 bridgehead atoms. The van der Waals surface area contributed by atoms with Gasteiger partial charge in [0.05, 0.1) is 36.0 Å². The SMILES string of the molecule is CC(=O)OCC(COC(C)=O)NC(=O)c1c(I)c(C(=O)NC(COC(C)=O)COC(C)=O)c(I)c(N2CCC(OC(C)=O)C2=O)c1I. The Hall–Kier alpha value is -2.83. The summed E-state index contributed by atoms with van der Waals surface area (Å²) >= 11 is 5.54. The molecule has 1 fully saturated rings. The lowest BCUT2D eigenvalue weighted by atomic mass is 10.1. The van der Waals surface area contributed by atoms with Crippen molar-refractivity contribution in [1.29, 1.82) is 0 Å². The van der Waals surface area contributed by atoms with Gasteiger partial charge < -0.3 is 39.2 Å². The van der Waals surface area contributed by atoms with Crippen molar-refractivity contribution in [2.75, 3.05) is 37.9 Å². The third kappa shape index (κ3) is 12.0. The maximum Gasteiger partial charge on any atom is 0.303 e. The Kier molecular flexibility index (Phi) is 16.0. The van der Waals surface area contributed by atoms with Crippen LogP contribution in [0.5, 0.6) is 0 Å². The third-order valence-corrected chi connectivity index (χ3v) is 9.28. The van der Waals surface area contributed by atoms with Gasteiger partial charge in [-0.05, 0) is 67.8 Å². The Morgan fingerprint density at radius 1 is 0.660 bits per heavy atom. The van der Waals surface area contributed by atoms with E-state index in [1.165, 1.54) is 39.5 Å². The van der Waals surface area contributed by atoms with Gasteiger partial charge >= 0.3 is 29.8 Å². The van der Waals surface area contributed by atoms with Crippen LogP contribution in [-0.2, 0) is 52.5 Å². The quantitative estimate of drug-likeness (QED) is 0.155. The van der Waals surface area contributed by atoms with Gasteiger partial charge in [0.25, 0.3) is 17.7 Å². The van der Waals surface area contributed by atoms with E-state index in [9.17, 15) is 38.4 Å². The number of halogens is 3. The van der Waals surface area contributed by atoms with Crippen LogP contribution >= 0.6 is 67.8 Å². The fourth-order valence-corrected chi connectivity index (χ4v) is 8.85. The van der Waals surface area contributed by atoms with E-state index in [1.54, 1.807) is 22.6 Å². The maximum absolute atomic E-state index is 13.9. The molecule has 0 radical (unpaired) electrons. The summed E-state index contributed by atoms with van der Waals surface area (Å²) in [4.78, 5) is 99.9. The number of anilines is 1. The highest BCUT2D eigenvalue weighted by Crippen LogP contribution is 2.40. The van der Waals surface area contributed by atoms with Gasteiger partial charge in [-0.2, -0.15) is 0 Å². The molecule has 16 nitrogen and oxygen atoms in total. The number of carbonyl (C=O) groups excluding carboxylic acids is 8. The van der Waals surface area contributed by atoms with Crippen molar-refractivity contribution in [3.8, 4) is 0 Å². The maximum atomic E-state index is 13.9. The standard InChI is InChI=1S/C28H32I3N3O13/c1-12(35)43-8-17(9-44-13(2)36)32-26(40)20-22(29)21(27(41)33-18(10-45-14(3)37)11-46-15(4)38)24(31)25(23(20)30)34-7-6-19(28(34)42)47-16(5)39/h17-19H,6-11H2,1-5H3,(H,32,40)(H,33,41). The van der Waals surface area contributed by atoms with Crippen LogP contribution in [0.4, 0.5) is 5.69 Å². The van der Waals surface area contributed by atoms with Crippen LogP contribution in [0, 0.1) is 10.7 Å². The van der Waals surface area contributed by atoms with Gasteiger partial charge in [0.15, 0.2) is 6.10 Å². The van der Waals surface area contributed by atoms with Crippen LogP contribution in [0.15, 0.2) is 0 Å². The lowest BCUT2D eigenvalue weighted by Gasteiger charge is -2.26. The molecule has 0 saturated carbocycles. The molecule has 47 heavy (non-hydrogen) atoms. The first-order valence-electron chi connectivity index (χ1n) is 13.8. The number of benzene rings is 1. The van der Waals surface area contributed by atoms with Gasteiger partial charge in [0, 0.05) is 51.2 Å². The molecule has 3 amide bonds. The minimum atomic E-state index is -1.08. The summed E-state index contributed by atoms with van der Waals surface area (Å²) in [5, 5.41) is 5.31. The molecule has 1 atom stereocenters. The first kappa shape index (κ1) is 40.3. The highest BCUT2D eigenvalue weighted by molar-refractivity contribution is 14.1. The zero-order chi connectivity index (χ0) is 35.6. The molecule has 1 saturated heterocycles. The Bertz CT molecular complexity index is 1340. The molecule has 1 aromatic rings. The predicted octanol–water partition coefficient (Wildman–Crippen LogP) is 1.62. The molecule has 0 aliphatic carbocycles. The van der Waals surface area contributed by atoms with Crippen molar-refractivity contribution in [3.63, 3.8) is 0 Å². The summed E-state index contributed by atoms with van der Waals surface area (Å²) < 4.78 is 25.9. The fraction of sp³-hybridized carbons (Fsp3) is 0.500. The largest absolute Gasteiger partial charge is 0.464 e. The predicted molar refractivity (Wildman–Crippen MR) is 186 cm³/mol. The molecule has 2 rings (SSSR count). The van der Waals surface area contributed by atoms with E-state index >= 15 is 0 Å². The Balaban J connectivity index is 2.68. The van der Waals surface area contributed by atoms with Crippen molar-refractivity contribution in [1.82, 2.24) is 10.6 Å². The number of rotatable bonds is 14. The number of esters is 5. The van der Waals surface area contributed by atoms with E-state index in [2.05, 4.69) is 10.6 Å². The highest BCUT2D eigenvalue weighted by Gasteiger charge is 2.40. The van der Waals surface area contributed by atoms with Crippen molar-refractivity contribution in [2.24, 2.45) is 0 Å². The molecular formula is C28H32I3N3O13. The normalized spacial score (nSPS) is 14.0. The van der Waals surface area contributed by atoms with Crippen LogP contribution < -0.4 is 15.5 Å². The van der Waals surface area contributed by atoms with Crippen LogP contribution in [0.2, 0.25) is 0 Å². The van der Waals surface area contributed by atoms with Gasteiger partial charge in [-0.15, -0.1) is 0 Å². The van der Waals surface area contributed by atoms with Gasteiger partial charge in [-0.25, -0.2) is 0 Å². The van der Waals surface area contributed by atoms with Gasteiger partial charge in [0.1, 0.15) is 26.4 Å². The lowest BCUT2D eigenvalue weighted by Crippen LogP contribution is -2.44. The molecule has 1 aromatic carbocycles. The summed E-state index contributed by atoms with van der Waals surface area (Å²) in [5.41, 5.74) is 0.111. The average molecular weight is 999 g/mol. The minimum Gasteiger partial charge on any atom is -0.464 e. The Labute approximate surface area is 310 Å². The summed E-state index contributed by atoms with van der Waals surface area (Å²) in [7, 11) is 0. The Morgan fingerprint density at radius 2 is 1.02 bits per heavy atom. The number of ether oxygens (including phenoxy) is 5. The summed E-state index contributed by atoms with van der Waals surface area (Å²) in [6.45, 7) is 4.57. The van der Waals surface area contributed by atoms with Gasteiger partial charge in [-0.3, -0.25) is 38.4 Å². The van der Waals surface area contributed by atoms with E-state index in [1.807, 2.05) is 45.2 Å². The number of hydrogen-bond acceptors (Lipinski definition) is 13. The summed E-state index contributed by atoms with van der Waals surface area (Å²) in [6.07, 6.45) is -0.930.